The normalized spacial score (nSPS) is 10.5. The zero-order chi connectivity index (χ0) is 16.7. The van der Waals surface area contributed by atoms with Crippen molar-refractivity contribution in [3.05, 3.63) is 68.8 Å². The second kappa shape index (κ2) is 8.42. The molecule has 0 heterocycles. The second-order valence-electron chi connectivity index (χ2n) is 4.92. The van der Waals surface area contributed by atoms with Gasteiger partial charge in [-0.05, 0) is 52.8 Å². The first kappa shape index (κ1) is 17.1. The minimum Gasteiger partial charge on any atom is -0.344 e. The fourth-order valence-electron chi connectivity index (χ4n) is 1.77. The first-order chi connectivity index (χ1) is 11.0. The van der Waals surface area contributed by atoms with Crippen molar-refractivity contribution in [2.75, 3.05) is 0 Å². The lowest BCUT2D eigenvalue weighted by Crippen LogP contribution is -2.37. The zero-order valence-electron chi connectivity index (χ0n) is 12.5. The fourth-order valence-corrected chi connectivity index (χ4v) is 2.34. The van der Waals surface area contributed by atoms with Gasteiger partial charge in [0.05, 0.1) is 6.21 Å². The van der Waals surface area contributed by atoms with Gasteiger partial charge in [0.2, 0.25) is 0 Å². The van der Waals surface area contributed by atoms with Crippen LogP contribution in [0.25, 0.3) is 0 Å². The summed E-state index contributed by atoms with van der Waals surface area (Å²) < 4.78 is 1.06. The molecule has 2 amide bonds. The minimum absolute atomic E-state index is 0.299. The summed E-state index contributed by atoms with van der Waals surface area (Å²) in [5.74, 6) is -1.51. The summed E-state index contributed by atoms with van der Waals surface area (Å²) in [6, 6.07) is 15.3. The summed E-state index contributed by atoms with van der Waals surface area (Å²) >= 11 is 2.19. The molecular formula is C17H16IN3O2. The van der Waals surface area contributed by atoms with E-state index >= 15 is 0 Å². The van der Waals surface area contributed by atoms with Crippen LogP contribution < -0.4 is 10.7 Å². The third-order valence-electron chi connectivity index (χ3n) is 3.01. The molecule has 0 bridgehead atoms. The average molecular weight is 421 g/mol. The number of carbonyl (C=O) groups is 2. The predicted octanol–water partition coefficient (Wildman–Crippen LogP) is 2.37. The lowest BCUT2D eigenvalue weighted by Gasteiger charge is -2.04. The molecule has 2 aromatic rings. The third kappa shape index (κ3) is 5.82. The molecular weight excluding hydrogens is 405 g/mol. The molecule has 0 spiro atoms. The van der Waals surface area contributed by atoms with Gasteiger partial charge in [-0.2, -0.15) is 5.10 Å². The monoisotopic (exact) mass is 421 g/mol. The molecule has 0 saturated carbocycles. The molecule has 5 nitrogen and oxygen atoms in total. The lowest BCUT2D eigenvalue weighted by molar-refractivity contribution is -0.139. The molecule has 23 heavy (non-hydrogen) atoms. The molecule has 0 aliphatic rings. The molecule has 0 aliphatic heterocycles. The van der Waals surface area contributed by atoms with Crippen LogP contribution in [0.2, 0.25) is 0 Å². The van der Waals surface area contributed by atoms with E-state index in [1.165, 1.54) is 6.21 Å². The Hall–Kier alpha value is -2.22. The molecule has 118 valence electrons. The Morgan fingerprint density at radius 1 is 1.13 bits per heavy atom. The van der Waals surface area contributed by atoms with Crippen LogP contribution in [0.15, 0.2) is 53.6 Å². The van der Waals surface area contributed by atoms with Crippen molar-refractivity contribution in [2.45, 2.75) is 13.5 Å². The number of amides is 2. The maximum absolute atomic E-state index is 11.7. The van der Waals surface area contributed by atoms with Crippen LogP contribution in [-0.2, 0) is 16.1 Å². The van der Waals surface area contributed by atoms with Crippen LogP contribution >= 0.6 is 22.6 Å². The standard InChI is InChI=1S/C17H16IN3O2/c1-12-5-7-13(8-6-12)10-19-16(22)17(23)21-20-11-14-3-2-4-15(18)9-14/h2-9,11H,10H2,1H3,(H,19,22)(H,21,23)/b20-11+. The summed E-state index contributed by atoms with van der Waals surface area (Å²) in [5.41, 5.74) is 5.13. The number of aryl methyl sites for hydroxylation is 1. The van der Waals surface area contributed by atoms with Gasteiger partial charge < -0.3 is 5.32 Å². The van der Waals surface area contributed by atoms with Crippen molar-refractivity contribution in [3.63, 3.8) is 0 Å². The molecule has 0 aromatic heterocycles. The van der Waals surface area contributed by atoms with E-state index in [-0.39, 0.29) is 0 Å². The van der Waals surface area contributed by atoms with Gasteiger partial charge in [0.15, 0.2) is 0 Å². The summed E-state index contributed by atoms with van der Waals surface area (Å²) in [7, 11) is 0. The Balaban J connectivity index is 1.80. The van der Waals surface area contributed by atoms with Gasteiger partial charge in [-0.1, -0.05) is 42.0 Å². The van der Waals surface area contributed by atoms with Gasteiger partial charge in [-0.3, -0.25) is 9.59 Å². The summed E-state index contributed by atoms with van der Waals surface area (Å²) in [6.45, 7) is 2.29. The van der Waals surface area contributed by atoms with Gasteiger partial charge in [0.25, 0.3) is 0 Å². The van der Waals surface area contributed by atoms with E-state index in [9.17, 15) is 9.59 Å². The Kier molecular flexibility index (Phi) is 6.28. The van der Waals surface area contributed by atoms with E-state index in [0.717, 1.165) is 20.3 Å². The number of benzene rings is 2. The first-order valence-electron chi connectivity index (χ1n) is 6.97. The summed E-state index contributed by atoms with van der Waals surface area (Å²) in [6.07, 6.45) is 1.49. The molecule has 0 radical (unpaired) electrons. The van der Waals surface area contributed by atoms with Crippen molar-refractivity contribution >= 4 is 40.6 Å². The fraction of sp³-hybridized carbons (Fsp3) is 0.118. The van der Waals surface area contributed by atoms with Gasteiger partial charge in [-0.15, -0.1) is 0 Å². The van der Waals surface area contributed by atoms with E-state index in [1.54, 1.807) is 0 Å². The maximum atomic E-state index is 11.7. The molecule has 0 saturated heterocycles. The molecule has 2 N–H and O–H groups in total. The van der Waals surface area contributed by atoms with Crippen LogP contribution in [0.5, 0.6) is 0 Å². The number of hydrazone groups is 1. The van der Waals surface area contributed by atoms with Crippen molar-refractivity contribution < 1.29 is 9.59 Å². The van der Waals surface area contributed by atoms with Gasteiger partial charge in [0.1, 0.15) is 0 Å². The number of nitrogens with zero attached hydrogens (tertiary/aromatic N) is 1. The van der Waals surface area contributed by atoms with Gasteiger partial charge in [0, 0.05) is 10.1 Å². The largest absolute Gasteiger partial charge is 0.344 e. The van der Waals surface area contributed by atoms with Crippen LogP contribution in [0.4, 0.5) is 0 Å². The average Bonchev–Trinajstić information content (AvgIpc) is 2.54. The molecule has 0 atom stereocenters. The maximum Gasteiger partial charge on any atom is 0.329 e. The molecule has 0 fully saturated rings. The van der Waals surface area contributed by atoms with E-state index in [4.69, 9.17) is 0 Å². The second-order valence-corrected chi connectivity index (χ2v) is 6.17. The van der Waals surface area contributed by atoms with Crippen molar-refractivity contribution in [1.29, 1.82) is 0 Å². The lowest BCUT2D eigenvalue weighted by atomic mass is 10.1. The Morgan fingerprint density at radius 2 is 1.87 bits per heavy atom. The third-order valence-corrected chi connectivity index (χ3v) is 3.68. The van der Waals surface area contributed by atoms with E-state index in [2.05, 4.69) is 38.4 Å². The van der Waals surface area contributed by atoms with Crippen LogP contribution in [-0.4, -0.2) is 18.0 Å². The first-order valence-corrected chi connectivity index (χ1v) is 8.05. The van der Waals surface area contributed by atoms with E-state index in [0.29, 0.717) is 6.54 Å². The Morgan fingerprint density at radius 3 is 2.57 bits per heavy atom. The number of rotatable bonds is 4. The number of nitrogens with one attached hydrogen (secondary N) is 2. The van der Waals surface area contributed by atoms with Gasteiger partial charge >= 0.3 is 11.8 Å². The predicted molar refractivity (Wildman–Crippen MR) is 97.9 cm³/mol. The molecule has 0 unspecified atom stereocenters. The Bertz CT molecular complexity index is 727. The SMILES string of the molecule is Cc1ccc(CNC(=O)C(=O)N/N=C/c2cccc(I)c2)cc1. The Labute approximate surface area is 148 Å². The summed E-state index contributed by atoms with van der Waals surface area (Å²) in [4.78, 5) is 23.3. The number of hydrogen-bond donors (Lipinski definition) is 2. The quantitative estimate of drug-likeness (QED) is 0.345. The highest BCUT2D eigenvalue weighted by Gasteiger charge is 2.11. The van der Waals surface area contributed by atoms with Crippen molar-refractivity contribution in [1.82, 2.24) is 10.7 Å². The highest BCUT2D eigenvalue weighted by Crippen LogP contribution is 2.05. The highest BCUT2D eigenvalue weighted by atomic mass is 127. The number of halogens is 1. The smallest absolute Gasteiger partial charge is 0.329 e. The van der Waals surface area contributed by atoms with E-state index in [1.807, 2.05) is 55.5 Å². The molecule has 0 aliphatic carbocycles. The topological polar surface area (TPSA) is 70.6 Å². The highest BCUT2D eigenvalue weighted by molar-refractivity contribution is 14.1. The van der Waals surface area contributed by atoms with Crippen molar-refractivity contribution in [3.8, 4) is 0 Å². The van der Waals surface area contributed by atoms with E-state index < -0.39 is 11.8 Å². The van der Waals surface area contributed by atoms with Crippen LogP contribution in [0.1, 0.15) is 16.7 Å². The zero-order valence-corrected chi connectivity index (χ0v) is 14.7. The van der Waals surface area contributed by atoms with Gasteiger partial charge in [-0.25, -0.2) is 5.43 Å². The van der Waals surface area contributed by atoms with Crippen LogP contribution in [0.3, 0.4) is 0 Å². The minimum atomic E-state index is -0.793. The number of carbonyl (C=O) groups excluding carboxylic acids is 2. The molecule has 2 aromatic carbocycles. The molecule has 2 rings (SSSR count). The summed E-state index contributed by atoms with van der Waals surface area (Å²) in [5, 5.41) is 6.33. The van der Waals surface area contributed by atoms with Crippen LogP contribution in [0, 0.1) is 10.5 Å². The molecule has 6 heteroatoms. The number of hydrogen-bond acceptors (Lipinski definition) is 3. The van der Waals surface area contributed by atoms with Crippen molar-refractivity contribution in [2.24, 2.45) is 5.10 Å².